The van der Waals surface area contributed by atoms with Gasteiger partial charge in [0.25, 0.3) is 0 Å². The van der Waals surface area contributed by atoms with Gasteiger partial charge in [-0.1, -0.05) is 11.8 Å². The van der Waals surface area contributed by atoms with Gasteiger partial charge in [-0.05, 0) is 20.8 Å². The van der Waals surface area contributed by atoms with E-state index >= 15 is 0 Å². The second-order valence-electron chi connectivity index (χ2n) is 4.82. The first-order chi connectivity index (χ1) is 7.95. The number of ether oxygens (including phenoxy) is 1. The summed E-state index contributed by atoms with van der Waals surface area (Å²) in [6, 6.07) is 0. The molecule has 0 aliphatic carbocycles. The Labute approximate surface area is 104 Å². The van der Waals surface area contributed by atoms with Gasteiger partial charge in [0.05, 0.1) is 13.2 Å². The molecule has 17 heavy (non-hydrogen) atoms. The van der Waals surface area contributed by atoms with Crippen LogP contribution in [-0.4, -0.2) is 39.3 Å². The molecular formula is C13H24N2O2. The molecule has 0 aromatic heterocycles. The smallest absolute Gasteiger partial charge is 0.221 e. The average Bonchev–Trinajstić information content (AvgIpc) is 2.22. The summed E-state index contributed by atoms with van der Waals surface area (Å²) < 4.78 is 4.83. The number of nitrogens with one attached hydrogen (secondary N) is 2. The van der Waals surface area contributed by atoms with E-state index in [-0.39, 0.29) is 11.3 Å². The first-order valence-corrected chi connectivity index (χ1v) is 5.92. The monoisotopic (exact) mass is 240 g/mol. The van der Waals surface area contributed by atoms with E-state index in [9.17, 15) is 4.79 Å². The third-order valence-electron chi connectivity index (χ3n) is 1.83. The molecule has 4 heteroatoms. The minimum atomic E-state index is 0.0401. The Balaban J connectivity index is 3.44. The molecule has 0 heterocycles. The molecule has 2 N–H and O–H groups in total. The number of carbonyl (C=O) groups excluding carboxylic acids is 1. The van der Waals surface area contributed by atoms with Crippen molar-refractivity contribution in [2.75, 3.05) is 33.4 Å². The summed E-state index contributed by atoms with van der Waals surface area (Å²) >= 11 is 0. The van der Waals surface area contributed by atoms with Crippen molar-refractivity contribution in [2.24, 2.45) is 5.41 Å². The molecule has 0 radical (unpaired) electrons. The quantitative estimate of drug-likeness (QED) is 0.511. The van der Waals surface area contributed by atoms with Gasteiger partial charge in [-0.15, -0.1) is 0 Å². The summed E-state index contributed by atoms with van der Waals surface area (Å²) in [5, 5.41) is 5.87. The highest BCUT2D eigenvalue weighted by atomic mass is 16.5. The van der Waals surface area contributed by atoms with Gasteiger partial charge in [-0.2, -0.15) is 0 Å². The molecule has 0 aromatic rings. The molecule has 0 saturated carbocycles. The Morgan fingerprint density at radius 3 is 2.59 bits per heavy atom. The standard InChI is InChI=1S/C13H24N2O2/c1-13(2,3)7-5-8-14-9-6-12(16)15-10-11-17-4/h14H,6,8-11H2,1-4H3,(H,15,16). The summed E-state index contributed by atoms with van der Waals surface area (Å²) in [5.41, 5.74) is 0.0409. The molecule has 0 saturated heterocycles. The fraction of sp³-hybridized carbons (Fsp3) is 0.769. The third kappa shape index (κ3) is 12.9. The van der Waals surface area contributed by atoms with Crippen molar-refractivity contribution < 1.29 is 9.53 Å². The molecule has 0 atom stereocenters. The molecule has 0 aliphatic rings. The van der Waals surface area contributed by atoms with Gasteiger partial charge in [0.1, 0.15) is 0 Å². The summed E-state index contributed by atoms with van der Waals surface area (Å²) in [4.78, 5) is 11.3. The number of carbonyl (C=O) groups is 1. The molecule has 98 valence electrons. The highest BCUT2D eigenvalue weighted by Crippen LogP contribution is 2.09. The lowest BCUT2D eigenvalue weighted by Gasteiger charge is -2.07. The second kappa shape index (κ2) is 9.03. The summed E-state index contributed by atoms with van der Waals surface area (Å²) in [6.45, 7) is 8.62. The fourth-order valence-corrected chi connectivity index (χ4v) is 1.04. The Bertz CT molecular complexity index is 271. The number of methoxy groups -OCH3 is 1. The van der Waals surface area contributed by atoms with E-state index in [1.807, 2.05) is 0 Å². The molecule has 0 rings (SSSR count). The maximum atomic E-state index is 11.3. The van der Waals surface area contributed by atoms with Crippen molar-refractivity contribution >= 4 is 5.91 Å². The van der Waals surface area contributed by atoms with Crippen LogP contribution in [0.15, 0.2) is 0 Å². The summed E-state index contributed by atoms with van der Waals surface area (Å²) in [5.74, 6) is 6.20. The predicted molar refractivity (Wildman–Crippen MR) is 69.6 cm³/mol. The molecule has 0 unspecified atom stereocenters. The summed E-state index contributed by atoms with van der Waals surface area (Å²) in [7, 11) is 1.61. The van der Waals surface area contributed by atoms with Gasteiger partial charge in [0.2, 0.25) is 5.91 Å². The van der Waals surface area contributed by atoms with Crippen LogP contribution in [0.4, 0.5) is 0 Å². The van der Waals surface area contributed by atoms with Crippen molar-refractivity contribution in [1.29, 1.82) is 0 Å². The van der Waals surface area contributed by atoms with Crippen LogP contribution in [-0.2, 0) is 9.53 Å². The van der Waals surface area contributed by atoms with Gasteiger partial charge >= 0.3 is 0 Å². The molecule has 0 spiro atoms. The first kappa shape index (κ1) is 16.0. The summed E-state index contributed by atoms with van der Waals surface area (Å²) in [6.07, 6.45) is 0.473. The molecule has 0 bridgehead atoms. The van der Waals surface area contributed by atoms with E-state index in [1.54, 1.807) is 7.11 Å². The fourth-order valence-electron chi connectivity index (χ4n) is 1.04. The lowest BCUT2D eigenvalue weighted by molar-refractivity contribution is -0.121. The molecule has 0 fully saturated rings. The zero-order valence-electron chi connectivity index (χ0n) is 11.4. The van der Waals surface area contributed by atoms with Crippen LogP contribution < -0.4 is 10.6 Å². The van der Waals surface area contributed by atoms with Crippen LogP contribution >= 0.6 is 0 Å². The van der Waals surface area contributed by atoms with E-state index in [0.29, 0.717) is 32.7 Å². The SMILES string of the molecule is COCCNC(=O)CCNCC#CC(C)(C)C. The predicted octanol–water partition coefficient (Wildman–Crippen LogP) is 0.778. The van der Waals surface area contributed by atoms with Gasteiger partial charge in [-0.25, -0.2) is 0 Å². The zero-order chi connectivity index (χ0) is 13.1. The minimum absolute atomic E-state index is 0.0401. The number of hydrogen-bond acceptors (Lipinski definition) is 3. The Morgan fingerprint density at radius 1 is 1.29 bits per heavy atom. The van der Waals surface area contributed by atoms with E-state index in [4.69, 9.17) is 4.74 Å². The highest BCUT2D eigenvalue weighted by molar-refractivity contribution is 5.76. The lowest BCUT2D eigenvalue weighted by Crippen LogP contribution is -2.30. The minimum Gasteiger partial charge on any atom is -0.383 e. The largest absolute Gasteiger partial charge is 0.383 e. The van der Waals surface area contributed by atoms with E-state index < -0.39 is 0 Å². The topological polar surface area (TPSA) is 50.4 Å². The van der Waals surface area contributed by atoms with E-state index in [2.05, 4.69) is 43.2 Å². The van der Waals surface area contributed by atoms with Crippen molar-refractivity contribution in [3.05, 3.63) is 0 Å². The Hall–Kier alpha value is -1.05. The van der Waals surface area contributed by atoms with Crippen molar-refractivity contribution in [3.8, 4) is 11.8 Å². The average molecular weight is 240 g/mol. The molecule has 0 aliphatic heterocycles. The van der Waals surface area contributed by atoms with Crippen LogP contribution in [0.1, 0.15) is 27.2 Å². The number of amides is 1. The van der Waals surface area contributed by atoms with Crippen molar-refractivity contribution in [3.63, 3.8) is 0 Å². The molecule has 1 amide bonds. The zero-order valence-corrected chi connectivity index (χ0v) is 11.4. The van der Waals surface area contributed by atoms with Crippen LogP contribution in [0.2, 0.25) is 0 Å². The lowest BCUT2D eigenvalue weighted by atomic mass is 9.98. The van der Waals surface area contributed by atoms with Crippen molar-refractivity contribution in [1.82, 2.24) is 10.6 Å². The van der Waals surface area contributed by atoms with Crippen molar-refractivity contribution in [2.45, 2.75) is 27.2 Å². The van der Waals surface area contributed by atoms with Crippen LogP contribution in [0.3, 0.4) is 0 Å². The van der Waals surface area contributed by atoms with Crippen LogP contribution in [0.25, 0.3) is 0 Å². The normalized spacial score (nSPS) is 10.6. The number of hydrogen-bond donors (Lipinski definition) is 2. The highest BCUT2D eigenvalue weighted by Gasteiger charge is 2.02. The molecular weight excluding hydrogens is 216 g/mol. The molecule has 0 aromatic carbocycles. The van der Waals surface area contributed by atoms with Gasteiger partial charge in [0, 0.05) is 32.0 Å². The van der Waals surface area contributed by atoms with Gasteiger partial charge in [0.15, 0.2) is 0 Å². The van der Waals surface area contributed by atoms with Crippen LogP contribution in [0.5, 0.6) is 0 Å². The second-order valence-corrected chi connectivity index (χ2v) is 4.82. The van der Waals surface area contributed by atoms with Gasteiger partial charge in [-0.3, -0.25) is 4.79 Å². The molecule has 4 nitrogen and oxygen atoms in total. The first-order valence-electron chi connectivity index (χ1n) is 5.92. The number of rotatable bonds is 7. The van der Waals surface area contributed by atoms with Gasteiger partial charge < -0.3 is 15.4 Å². The third-order valence-corrected chi connectivity index (χ3v) is 1.83. The van der Waals surface area contributed by atoms with E-state index in [1.165, 1.54) is 0 Å². The Kier molecular flexibility index (Phi) is 8.47. The maximum absolute atomic E-state index is 11.3. The van der Waals surface area contributed by atoms with Crippen LogP contribution in [0, 0.1) is 17.3 Å². The maximum Gasteiger partial charge on any atom is 0.221 e. The van der Waals surface area contributed by atoms with E-state index in [0.717, 1.165) is 0 Å². The Morgan fingerprint density at radius 2 is 2.00 bits per heavy atom.